The average Bonchev–Trinajstić information content (AvgIpc) is 3.39. The van der Waals surface area contributed by atoms with Crippen LogP contribution in [-0.4, -0.2) is 43.1 Å². The van der Waals surface area contributed by atoms with E-state index in [1.807, 2.05) is 12.1 Å². The first-order valence-electron chi connectivity index (χ1n) is 13.3. The second kappa shape index (κ2) is 11.0. The summed E-state index contributed by atoms with van der Waals surface area (Å²) in [7, 11) is 0. The van der Waals surface area contributed by atoms with Gasteiger partial charge in [0, 0.05) is 28.4 Å². The lowest BCUT2D eigenvalue weighted by Crippen LogP contribution is -2.23. The van der Waals surface area contributed by atoms with Gasteiger partial charge in [0.2, 0.25) is 0 Å². The SMILES string of the molecule is C=NC(=O)c1cn(-c2cccc(-n3ncc4cc(C(C)(C)C)ccc4c3=O)c2CO)nc1Nc1ccc(C(C)=O)cc1. The highest BCUT2D eigenvalue weighted by Gasteiger charge is 2.21. The number of anilines is 2. The Labute approximate surface area is 242 Å². The Bertz CT molecular complexity index is 1910. The Hall–Kier alpha value is -5.22. The van der Waals surface area contributed by atoms with Crippen molar-refractivity contribution < 1.29 is 14.7 Å². The number of aliphatic hydroxyl groups is 1. The van der Waals surface area contributed by atoms with E-state index < -0.39 is 12.5 Å². The van der Waals surface area contributed by atoms with E-state index in [1.54, 1.807) is 54.7 Å². The zero-order valence-electron chi connectivity index (χ0n) is 23.8. The normalized spacial score (nSPS) is 11.5. The Balaban J connectivity index is 1.60. The maximum absolute atomic E-state index is 13.6. The molecule has 42 heavy (non-hydrogen) atoms. The number of aliphatic imine (C=N–C) groups is 1. The molecule has 212 valence electrons. The highest BCUT2D eigenvalue weighted by atomic mass is 16.3. The maximum atomic E-state index is 13.6. The van der Waals surface area contributed by atoms with Gasteiger partial charge in [-0.3, -0.25) is 14.4 Å². The van der Waals surface area contributed by atoms with Crippen molar-refractivity contribution in [3.8, 4) is 11.4 Å². The Morgan fingerprint density at radius 3 is 2.40 bits per heavy atom. The van der Waals surface area contributed by atoms with Crippen LogP contribution in [0.5, 0.6) is 0 Å². The molecule has 0 saturated heterocycles. The molecule has 0 aliphatic carbocycles. The van der Waals surface area contributed by atoms with E-state index in [1.165, 1.54) is 22.5 Å². The van der Waals surface area contributed by atoms with Crippen LogP contribution in [0.15, 0.2) is 82.8 Å². The molecule has 5 rings (SSSR count). The van der Waals surface area contributed by atoms with E-state index in [2.05, 4.69) is 48.0 Å². The lowest BCUT2D eigenvalue weighted by molar-refractivity contribution is 0.0999. The van der Waals surface area contributed by atoms with E-state index in [0.29, 0.717) is 33.6 Å². The predicted molar refractivity (Wildman–Crippen MR) is 163 cm³/mol. The summed E-state index contributed by atoms with van der Waals surface area (Å²) in [6, 6.07) is 17.6. The number of amides is 1. The van der Waals surface area contributed by atoms with Crippen molar-refractivity contribution in [3.63, 3.8) is 0 Å². The summed E-state index contributed by atoms with van der Waals surface area (Å²) in [4.78, 5) is 41.4. The summed E-state index contributed by atoms with van der Waals surface area (Å²) in [5, 5.41) is 23.8. The fourth-order valence-corrected chi connectivity index (χ4v) is 4.68. The van der Waals surface area contributed by atoms with Crippen LogP contribution in [0.3, 0.4) is 0 Å². The Morgan fingerprint density at radius 2 is 1.76 bits per heavy atom. The third-order valence-electron chi connectivity index (χ3n) is 7.05. The van der Waals surface area contributed by atoms with Gasteiger partial charge < -0.3 is 10.4 Å². The first kappa shape index (κ1) is 28.3. The summed E-state index contributed by atoms with van der Waals surface area (Å²) in [5.41, 5.74) is 3.15. The van der Waals surface area contributed by atoms with Gasteiger partial charge in [-0.1, -0.05) is 32.9 Å². The summed E-state index contributed by atoms with van der Waals surface area (Å²) in [6.07, 6.45) is 3.12. The first-order valence-corrected chi connectivity index (χ1v) is 13.3. The molecule has 5 aromatic rings. The lowest BCUT2D eigenvalue weighted by Gasteiger charge is -2.19. The van der Waals surface area contributed by atoms with Gasteiger partial charge in [-0.05, 0) is 73.2 Å². The fraction of sp³-hybridized carbons (Fsp3) is 0.188. The second-order valence-electron chi connectivity index (χ2n) is 10.9. The molecular weight excluding hydrogens is 532 g/mol. The number of hydrogen-bond donors (Lipinski definition) is 2. The summed E-state index contributed by atoms with van der Waals surface area (Å²) in [5.74, 6) is -0.468. The van der Waals surface area contributed by atoms with Crippen molar-refractivity contribution in [3.05, 3.63) is 106 Å². The van der Waals surface area contributed by atoms with Crippen LogP contribution >= 0.6 is 0 Å². The molecule has 1 amide bonds. The van der Waals surface area contributed by atoms with E-state index >= 15 is 0 Å². The minimum absolute atomic E-state index is 0.0661. The maximum Gasteiger partial charge on any atom is 0.281 e. The van der Waals surface area contributed by atoms with Gasteiger partial charge in [0.05, 0.1) is 29.6 Å². The topological polar surface area (TPSA) is 131 Å². The molecule has 0 spiro atoms. The zero-order chi connectivity index (χ0) is 30.2. The van der Waals surface area contributed by atoms with Crippen molar-refractivity contribution in [2.75, 3.05) is 5.32 Å². The number of carbonyl (C=O) groups is 2. The predicted octanol–water partition coefficient (Wildman–Crippen LogP) is 5.15. The van der Waals surface area contributed by atoms with Gasteiger partial charge in [-0.25, -0.2) is 9.67 Å². The van der Waals surface area contributed by atoms with E-state index in [4.69, 9.17) is 0 Å². The number of aliphatic hydroxyl groups excluding tert-OH is 1. The van der Waals surface area contributed by atoms with Crippen LogP contribution in [0.1, 0.15) is 59.5 Å². The molecule has 0 aliphatic heterocycles. The monoisotopic (exact) mass is 562 g/mol. The second-order valence-corrected chi connectivity index (χ2v) is 10.9. The number of carbonyl (C=O) groups excluding carboxylic acids is 2. The summed E-state index contributed by atoms with van der Waals surface area (Å²) >= 11 is 0. The van der Waals surface area contributed by atoms with Gasteiger partial charge in [-0.2, -0.15) is 9.78 Å². The molecule has 0 atom stereocenters. The van der Waals surface area contributed by atoms with E-state index in [9.17, 15) is 19.5 Å². The molecule has 0 fully saturated rings. The molecule has 0 bridgehead atoms. The van der Waals surface area contributed by atoms with Gasteiger partial charge in [0.25, 0.3) is 11.5 Å². The lowest BCUT2D eigenvalue weighted by atomic mass is 9.86. The van der Waals surface area contributed by atoms with Gasteiger partial charge in [0.1, 0.15) is 5.56 Å². The highest BCUT2D eigenvalue weighted by Crippen LogP contribution is 2.28. The number of nitrogens with zero attached hydrogens (tertiary/aromatic N) is 5. The molecule has 2 aromatic heterocycles. The smallest absolute Gasteiger partial charge is 0.281 e. The number of nitrogens with one attached hydrogen (secondary N) is 1. The number of Topliss-reactive ketones (excluding diaryl/α,β-unsaturated/α-hetero) is 1. The Morgan fingerprint density at radius 1 is 1.05 bits per heavy atom. The molecule has 0 radical (unpaired) electrons. The van der Waals surface area contributed by atoms with Crippen LogP contribution in [0, 0.1) is 0 Å². The molecule has 0 unspecified atom stereocenters. The van der Waals surface area contributed by atoms with Crippen LogP contribution < -0.4 is 10.9 Å². The van der Waals surface area contributed by atoms with Crippen LogP contribution in [0.4, 0.5) is 11.5 Å². The van der Waals surface area contributed by atoms with Crippen LogP contribution in [0.2, 0.25) is 0 Å². The number of rotatable bonds is 7. The molecule has 0 aliphatic rings. The zero-order valence-corrected chi connectivity index (χ0v) is 23.8. The quantitative estimate of drug-likeness (QED) is 0.207. The summed E-state index contributed by atoms with van der Waals surface area (Å²) < 4.78 is 2.69. The molecule has 2 heterocycles. The number of ketones is 1. The van der Waals surface area contributed by atoms with Gasteiger partial charge >= 0.3 is 0 Å². The van der Waals surface area contributed by atoms with Crippen LogP contribution in [-0.2, 0) is 12.0 Å². The van der Waals surface area contributed by atoms with Gasteiger partial charge in [0.15, 0.2) is 11.6 Å². The molecule has 0 saturated carbocycles. The average molecular weight is 563 g/mol. The molecule has 3 aromatic carbocycles. The molecule has 10 heteroatoms. The number of aromatic nitrogens is 4. The minimum Gasteiger partial charge on any atom is -0.392 e. The fourth-order valence-electron chi connectivity index (χ4n) is 4.68. The van der Waals surface area contributed by atoms with Crippen molar-refractivity contribution in [2.45, 2.75) is 39.7 Å². The third kappa shape index (κ3) is 5.27. The van der Waals surface area contributed by atoms with E-state index in [0.717, 1.165) is 10.9 Å². The standard InChI is InChI=1S/C32H30N6O4/c1-19(40)20-9-12-23(13-10-20)35-29-25(30(41)33-5)17-37(36-29)27-7-6-8-28(26(27)18-39)38-31(42)24-14-11-22(32(2,3)4)15-21(24)16-34-38/h6-17,39H,5,18H2,1-4H3,(H,35,36). The number of fused-ring (bicyclic) bond motifs is 1. The molecular formula is C32H30N6O4. The largest absolute Gasteiger partial charge is 0.392 e. The Kier molecular flexibility index (Phi) is 7.40. The first-order chi connectivity index (χ1) is 20.0. The summed E-state index contributed by atoms with van der Waals surface area (Å²) in [6.45, 7) is 10.7. The third-order valence-corrected chi connectivity index (χ3v) is 7.05. The van der Waals surface area contributed by atoms with Crippen molar-refractivity contribution in [1.29, 1.82) is 0 Å². The van der Waals surface area contributed by atoms with E-state index in [-0.39, 0.29) is 28.1 Å². The minimum atomic E-state index is -0.604. The van der Waals surface area contributed by atoms with Crippen molar-refractivity contribution in [1.82, 2.24) is 19.6 Å². The van der Waals surface area contributed by atoms with Crippen molar-refractivity contribution >= 4 is 40.7 Å². The highest BCUT2D eigenvalue weighted by molar-refractivity contribution is 6.01. The molecule has 10 nitrogen and oxygen atoms in total. The van der Waals surface area contributed by atoms with Crippen LogP contribution in [0.25, 0.3) is 22.1 Å². The number of benzene rings is 3. The van der Waals surface area contributed by atoms with Gasteiger partial charge in [-0.15, -0.1) is 5.10 Å². The number of hydrogen-bond acceptors (Lipinski definition) is 7. The molecule has 2 N–H and O–H groups in total. The van der Waals surface area contributed by atoms with Crippen molar-refractivity contribution in [2.24, 2.45) is 4.99 Å².